The first-order valence-corrected chi connectivity index (χ1v) is 19.7. The van der Waals surface area contributed by atoms with Crippen molar-refractivity contribution in [2.24, 2.45) is 23.7 Å². The van der Waals surface area contributed by atoms with Gasteiger partial charge in [0, 0.05) is 37.5 Å². The van der Waals surface area contributed by atoms with Crippen molar-refractivity contribution in [2.45, 2.75) is 198 Å². The van der Waals surface area contributed by atoms with Gasteiger partial charge in [-0.15, -0.1) is 0 Å². The fourth-order valence-corrected chi connectivity index (χ4v) is 9.57. The number of nitrogens with one attached hydrogen (secondary N) is 1. The molecule has 0 aromatic rings. The number of aliphatic hydroxyl groups is 4. The first kappa shape index (κ1) is 44.7. The molecule has 13 nitrogen and oxygen atoms in total. The maximum absolute atomic E-state index is 14.3. The second-order valence-corrected chi connectivity index (χ2v) is 17.8. The van der Waals surface area contributed by atoms with Crippen LogP contribution in [0.25, 0.3) is 0 Å². The molecule has 0 aromatic heterocycles. The Bertz CT molecular complexity index is 1220. The van der Waals surface area contributed by atoms with Gasteiger partial charge in [-0.1, -0.05) is 27.7 Å². The molecule has 4 aliphatic rings. The zero-order chi connectivity index (χ0) is 40.0. The number of halogens is 1. The fourth-order valence-electron chi connectivity index (χ4n) is 9.57. The summed E-state index contributed by atoms with van der Waals surface area (Å²) < 4.78 is 53.0. The smallest absolute Gasteiger partial charge is 0.225 e. The molecule has 0 spiro atoms. The average molecular weight is 763 g/mol. The molecule has 1 unspecified atom stereocenters. The molecule has 4 aliphatic heterocycles. The average Bonchev–Trinajstić information content (AvgIpc) is 3.41. The van der Waals surface area contributed by atoms with Crippen molar-refractivity contribution in [3.05, 3.63) is 0 Å². The number of hydrogen-bond donors (Lipinski definition) is 5. The summed E-state index contributed by atoms with van der Waals surface area (Å²) in [5, 5.41) is 49.2. The fraction of sp³-hybridized carbons (Fsp3) is 0.974. The molecule has 14 heteroatoms. The summed E-state index contributed by atoms with van der Waals surface area (Å²) in [6, 6.07) is -1.23. The minimum absolute atomic E-state index is 0.116. The molecule has 0 aromatic carbocycles. The SMILES string of the molecule is CO[C@]1(C)C[C@H](O[C@H]2[C@H](C)[C@@H](O[C@@H]3O[C@H](C)C[C@H](N(C)C(C)C)[C@H]3O)[C@@]3(C)C[C@@H](C)[C@H](O3)[C@H](C)[C@@H](O)[C@](C)(O)[C@@H](CCF)NC(=O)[C@@H]2C)O[C@@H](C)C1O. The van der Waals surface area contributed by atoms with Crippen LogP contribution in [0.4, 0.5) is 4.39 Å². The van der Waals surface area contributed by atoms with E-state index in [0.717, 1.165) is 0 Å². The van der Waals surface area contributed by atoms with Gasteiger partial charge in [0.2, 0.25) is 5.91 Å². The number of methoxy groups -OCH3 is 1. The topological polar surface area (TPSA) is 169 Å². The lowest BCUT2D eigenvalue weighted by molar-refractivity contribution is -0.319. The van der Waals surface area contributed by atoms with Crippen molar-refractivity contribution in [3.8, 4) is 0 Å². The van der Waals surface area contributed by atoms with Gasteiger partial charge >= 0.3 is 0 Å². The highest BCUT2D eigenvalue weighted by molar-refractivity contribution is 5.79. The van der Waals surface area contributed by atoms with E-state index in [1.807, 2.05) is 34.7 Å². The van der Waals surface area contributed by atoms with E-state index < -0.39 is 108 Å². The number of carbonyl (C=O) groups excluding carboxylic acids is 1. The van der Waals surface area contributed by atoms with Crippen LogP contribution in [-0.2, 0) is 33.2 Å². The van der Waals surface area contributed by atoms with Crippen molar-refractivity contribution < 1.29 is 58.0 Å². The largest absolute Gasteiger partial charge is 0.390 e. The minimum atomic E-state index is -1.92. The lowest BCUT2D eigenvalue weighted by Gasteiger charge is -2.49. The van der Waals surface area contributed by atoms with E-state index in [2.05, 4.69) is 24.1 Å². The van der Waals surface area contributed by atoms with Gasteiger partial charge in [0.25, 0.3) is 0 Å². The molecule has 53 heavy (non-hydrogen) atoms. The lowest BCUT2D eigenvalue weighted by atomic mass is 9.75. The third-order valence-electron chi connectivity index (χ3n) is 13.2. The van der Waals surface area contributed by atoms with E-state index in [-0.39, 0.29) is 36.9 Å². The quantitative estimate of drug-likeness (QED) is 0.234. The zero-order valence-corrected chi connectivity index (χ0v) is 34.3. The monoisotopic (exact) mass is 763 g/mol. The van der Waals surface area contributed by atoms with Crippen LogP contribution in [0.1, 0.15) is 102 Å². The molecule has 4 heterocycles. The van der Waals surface area contributed by atoms with Crippen molar-refractivity contribution in [3.63, 3.8) is 0 Å². The van der Waals surface area contributed by atoms with E-state index >= 15 is 0 Å². The highest BCUT2D eigenvalue weighted by Crippen LogP contribution is 2.47. The molecule has 4 saturated heterocycles. The molecule has 4 fully saturated rings. The maximum atomic E-state index is 14.3. The van der Waals surface area contributed by atoms with Crippen molar-refractivity contribution in [2.75, 3.05) is 20.8 Å². The van der Waals surface area contributed by atoms with Crippen LogP contribution >= 0.6 is 0 Å². The molecule has 0 aliphatic carbocycles. The Morgan fingerprint density at radius 1 is 0.981 bits per heavy atom. The highest BCUT2D eigenvalue weighted by Gasteiger charge is 2.58. The standard InChI is InChI=1S/C39H71FN2O11/c1-19(2)42(12)26-16-21(4)49-36(29(26)43)52-34-23(6)31(51-28-18-37(9,48-13)33(45)25(8)50-28)24(7)35(46)41-27(14-15-40)39(11,47)32(44)22(5)30-20(3)17-38(34,10)53-30/h19-34,36,43-45,47H,14-18H2,1-13H3,(H,41,46)/t20-,21-,22+,23+,24-,25+,26+,27-,28+,29-,30+,31+,32-,33?,34-,36+,37-,38-,39-/m1/s1. The lowest BCUT2D eigenvalue weighted by Crippen LogP contribution is -2.62. The Kier molecular flexibility index (Phi) is 14.5. The van der Waals surface area contributed by atoms with Gasteiger partial charge in [-0.25, -0.2) is 0 Å². The normalized spacial score (nSPS) is 50.4. The Morgan fingerprint density at radius 3 is 2.21 bits per heavy atom. The van der Waals surface area contributed by atoms with Crippen LogP contribution in [0.2, 0.25) is 0 Å². The third kappa shape index (κ3) is 9.08. The molecule has 0 saturated carbocycles. The van der Waals surface area contributed by atoms with Crippen molar-refractivity contribution >= 4 is 5.91 Å². The first-order chi connectivity index (χ1) is 24.5. The van der Waals surface area contributed by atoms with Gasteiger partial charge in [-0.3, -0.25) is 14.1 Å². The second kappa shape index (κ2) is 17.2. The Labute approximate surface area is 316 Å². The van der Waals surface area contributed by atoms with Crippen molar-refractivity contribution in [1.82, 2.24) is 10.2 Å². The molecule has 1 amide bonds. The van der Waals surface area contributed by atoms with Gasteiger partial charge in [0.1, 0.15) is 17.8 Å². The Morgan fingerprint density at radius 2 is 1.62 bits per heavy atom. The van der Waals surface area contributed by atoms with E-state index in [0.29, 0.717) is 12.8 Å². The summed E-state index contributed by atoms with van der Waals surface area (Å²) in [6.07, 6.45) is -7.52. The molecule has 19 atom stereocenters. The molecular formula is C39H71FN2O11. The molecule has 2 bridgehead atoms. The number of fused-ring (bicyclic) bond motifs is 2. The predicted molar refractivity (Wildman–Crippen MR) is 195 cm³/mol. The van der Waals surface area contributed by atoms with Crippen LogP contribution in [0.3, 0.4) is 0 Å². The maximum Gasteiger partial charge on any atom is 0.225 e. The number of ether oxygens (including phenoxy) is 6. The van der Waals surface area contributed by atoms with E-state index in [1.54, 1.807) is 27.7 Å². The minimum Gasteiger partial charge on any atom is -0.390 e. The van der Waals surface area contributed by atoms with Crippen LogP contribution in [0.15, 0.2) is 0 Å². The van der Waals surface area contributed by atoms with E-state index in [1.165, 1.54) is 14.0 Å². The number of alkyl halides is 1. The molecule has 0 radical (unpaired) electrons. The number of nitrogens with zero attached hydrogens (tertiary/aromatic N) is 1. The number of hydrogen-bond acceptors (Lipinski definition) is 12. The van der Waals surface area contributed by atoms with Crippen molar-refractivity contribution in [1.29, 1.82) is 0 Å². The Balaban J connectivity index is 1.85. The van der Waals surface area contributed by atoms with Crippen LogP contribution in [-0.4, -0.2) is 148 Å². The second-order valence-electron chi connectivity index (χ2n) is 17.8. The molecule has 5 N–H and O–H groups in total. The number of carbonyl (C=O) groups is 1. The molecule has 310 valence electrons. The zero-order valence-electron chi connectivity index (χ0n) is 34.3. The number of rotatable bonds is 9. The van der Waals surface area contributed by atoms with Gasteiger partial charge in [0.15, 0.2) is 12.6 Å². The van der Waals surface area contributed by atoms with Gasteiger partial charge < -0.3 is 54.2 Å². The van der Waals surface area contributed by atoms with Gasteiger partial charge in [0.05, 0.1) is 66.5 Å². The third-order valence-corrected chi connectivity index (χ3v) is 13.2. The van der Waals surface area contributed by atoms with Crippen LogP contribution < -0.4 is 5.32 Å². The summed E-state index contributed by atoms with van der Waals surface area (Å²) >= 11 is 0. The molecule has 4 rings (SSSR count). The van der Waals surface area contributed by atoms with E-state index in [9.17, 15) is 29.6 Å². The van der Waals surface area contributed by atoms with Crippen LogP contribution in [0.5, 0.6) is 0 Å². The van der Waals surface area contributed by atoms with E-state index in [4.69, 9.17) is 28.4 Å². The predicted octanol–water partition coefficient (Wildman–Crippen LogP) is 2.92. The number of likely N-dealkylation sites (N-methyl/N-ethyl adjacent to an activating group) is 1. The van der Waals surface area contributed by atoms with Gasteiger partial charge in [-0.2, -0.15) is 0 Å². The number of aliphatic hydroxyl groups excluding tert-OH is 3. The first-order valence-electron chi connectivity index (χ1n) is 19.7. The summed E-state index contributed by atoms with van der Waals surface area (Å²) in [6.45, 7) is 19.5. The summed E-state index contributed by atoms with van der Waals surface area (Å²) in [7, 11) is 3.49. The summed E-state index contributed by atoms with van der Waals surface area (Å²) in [5.74, 6) is -2.82. The van der Waals surface area contributed by atoms with Gasteiger partial charge in [-0.05, 0) is 80.7 Å². The number of amides is 1. The highest BCUT2D eigenvalue weighted by atomic mass is 19.1. The Hall–Kier alpha value is -1.04. The summed E-state index contributed by atoms with van der Waals surface area (Å²) in [4.78, 5) is 16.4. The molecular weight excluding hydrogens is 691 g/mol. The summed E-state index contributed by atoms with van der Waals surface area (Å²) in [5.41, 5.74) is -3.97. The van der Waals surface area contributed by atoms with Crippen LogP contribution in [0, 0.1) is 23.7 Å².